The van der Waals surface area contributed by atoms with Crippen molar-refractivity contribution in [1.29, 1.82) is 0 Å². The van der Waals surface area contributed by atoms with Gasteiger partial charge in [-0.3, -0.25) is 4.72 Å². The highest BCUT2D eigenvalue weighted by Gasteiger charge is 2.14. The van der Waals surface area contributed by atoms with Gasteiger partial charge in [0.1, 0.15) is 0 Å². The Morgan fingerprint density at radius 3 is 2.53 bits per heavy atom. The van der Waals surface area contributed by atoms with Crippen molar-refractivity contribution in [3.05, 3.63) is 52.0 Å². The van der Waals surface area contributed by atoms with Gasteiger partial charge in [0.25, 0.3) is 10.0 Å². The Kier molecular flexibility index (Phi) is 4.03. The largest absolute Gasteiger partial charge is 0.398 e. The predicted octanol–water partition coefficient (Wildman–Crippen LogP) is 3.49. The van der Waals surface area contributed by atoms with E-state index in [1.807, 2.05) is 0 Å². The number of nitrogen functional groups attached to an aromatic ring is 1. The minimum atomic E-state index is -3.64. The van der Waals surface area contributed by atoms with Crippen molar-refractivity contribution in [2.75, 3.05) is 10.5 Å². The van der Waals surface area contributed by atoms with Crippen LogP contribution in [0, 0.1) is 0 Å². The molecule has 100 valence electrons. The SMILES string of the molecule is Nc1ccc(NS(=O)(=O)c2cccc(Br)c2)cc1Cl. The monoisotopic (exact) mass is 360 g/mol. The molecule has 0 fully saturated rings. The number of hydrogen-bond donors (Lipinski definition) is 2. The molecule has 19 heavy (non-hydrogen) atoms. The Hall–Kier alpha value is -1.24. The first-order valence-electron chi connectivity index (χ1n) is 5.22. The van der Waals surface area contributed by atoms with Crippen LogP contribution in [0.15, 0.2) is 51.8 Å². The van der Waals surface area contributed by atoms with E-state index < -0.39 is 10.0 Å². The highest BCUT2D eigenvalue weighted by Crippen LogP contribution is 2.25. The summed E-state index contributed by atoms with van der Waals surface area (Å²) in [6, 6.07) is 11.0. The second-order valence-electron chi connectivity index (χ2n) is 3.80. The van der Waals surface area contributed by atoms with Crippen LogP contribution in [0.4, 0.5) is 11.4 Å². The summed E-state index contributed by atoms with van der Waals surface area (Å²) in [5.74, 6) is 0. The van der Waals surface area contributed by atoms with E-state index >= 15 is 0 Å². The lowest BCUT2D eigenvalue weighted by atomic mass is 10.3. The molecule has 2 rings (SSSR count). The van der Waals surface area contributed by atoms with Crippen LogP contribution in [0.3, 0.4) is 0 Å². The number of rotatable bonds is 3. The van der Waals surface area contributed by atoms with Gasteiger partial charge in [-0.1, -0.05) is 33.6 Å². The molecule has 4 nitrogen and oxygen atoms in total. The highest BCUT2D eigenvalue weighted by molar-refractivity contribution is 9.10. The van der Waals surface area contributed by atoms with E-state index in [9.17, 15) is 8.42 Å². The van der Waals surface area contributed by atoms with Crippen molar-refractivity contribution in [3.8, 4) is 0 Å². The second kappa shape index (κ2) is 5.40. The van der Waals surface area contributed by atoms with Crippen LogP contribution in [0.25, 0.3) is 0 Å². The lowest BCUT2D eigenvalue weighted by Gasteiger charge is -2.09. The molecule has 0 radical (unpaired) electrons. The highest BCUT2D eigenvalue weighted by atomic mass is 79.9. The van der Waals surface area contributed by atoms with Crippen LogP contribution in [-0.4, -0.2) is 8.42 Å². The number of nitrogens with two attached hydrogens (primary N) is 1. The summed E-state index contributed by atoms with van der Waals surface area (Å²) in [5.41, 5.74) is 6.32. The van der Waals surface area contributed by atoms with Gasteiger partial charge in [-0.25, -0.2) is 8.42 Å². The molecule has 0 amide bonds. The van der Waals surface area contributed by atoms with E-state index in [1.54, 1.807) is 24.3 Å². The summed E-state index contributed by atoms with van der Waals surface area (Å²) < 4.78 is 27.4. The van der Waals surface area contributed by atoms with Gasteiger partial charge in [0.15, 0.2) is 0 Å². The maximum Gasteiger partial charge on any atom is 0.261 e. The number of anilines is 2. The first kappa shape index (κ1) is 14.2. The predicted molar refractivity (Wildman–Crippen MR) is 80.8 cm³/mol. The van der Waals surface area contributed by atoms with Gasteiger partial charge in [0.2, 0.25) is 0 Å². The van der Waals surface area contributed by atoms with E-state index in [4.69, 9.17) is 17.3 Å². The summed E-state index contributed by atoms with van der Waals surface area (Å²) in [6.45, 7) is 0. The normalized spacial score (nSPS) is 11.3. The zero-order chi connectivity index (χ0) is 14.0. The summed E-state index contributed by atoms with van der Waals surface area (Å²) >= 11 is 9.08. The molecule has 0 aliphatic rings. The number of sulfonamides is 1. The van der Waals surface area contributed by atoms with Gasteiger partial charge in [-0.05, 0) is 36.4 Å². The number of nitrogens with one attached hydrogen (secondary N) is 1. The lowest BCUT2D eigenvalue weighted by Crippen LogP contribution is -2.12. The Bertz CT molecular complexity index is 719. The molecule has 0 aliphatic heterocycles. The van der Waals surface area contributed by atoms with E-state index in [0.717, 1.165) is 0 Å². The topological polar surface area (TPSA) is 72.2 Å². The van der Waals surface area contributed by atoms with Gasteiger partial charge in [-0.15, -0.1) is 0 Å². The molecule has 0 aromatic heterocycles. The lowest BCUT2D eigenvalue weighted by molar-refractivity contribution is 0.601. The summed E-state index contributed by atoms with van der Waals surface area (Å²) in [5, 5.41) is 0.300. The minimum Gasteiger partial charge on any atom is -0.398 e. The smallest absolute Gasteiger partial charge is 0.261 e. The van der Waals surface area contributed by atoms with Gasteiger partial charge >= 0.3 is 0 Å². The molecule has 0 saturated carbocycles. The summed E-state index contributed by atoms with van der Waals surface area (Å²) in [4.78, 5) is 0.162. The van der Waals surface area contributed by atoms with Crippen molar-refractivity contribution in [2.24, 2.45) is 0 Å². The Morgan fingerprint density at radius 2 is 1.89 bits per heavy atom. The summed E-state index contributed by atoms with van der Waals surface area (Å²) in [6.07, 6.45) is 0. The average molecular weight is 362 g/mol. The first-order chi connectivity index (χ1) is 8.88. The van der Waals surface area contributed by atoms with Gasteiger partial charge in [-0.2, -0.15) is 0 Å². The number of hydrogen-bond acceptors (Lipinski definition) is 3. The molecule has 0 atom stereocenters. The fourth-order valence-electron chi connectivity index (χ4n) is 1.44. The first-order valence-corrected chi connectivity index (χ1v) is 7.87. The second-order valence-corrected chi connectivity index (χ2v) is 6.80. The van der Waals surface area contributed by atoms with E-state index in [1.165, 1.54) is 18.2 Å². The van der Waals surface area contributed by atoms with Crippen molar-refractivity contribution >= 4 is 48.9 Å². The van der Waals surface area contributed by atoms with Crippen LogP contribution in [0.2, 0.25) is 5.02 Å². The minimum absolute atomic E-state index is 0.162. The van der Waals surface area contributed by atoms with Crippen molar-refractivity contribution in [3.63, 3.8) is 0 Å². The third-order valence-electron chi connectivity index (χ3n) is 2.36. The van der Waals surface area contributed by atoms with Crippen LogP contribution in [0.5, 0.6) is 0 Å². The molecule has 0 bridgehead atoms. The van der Waals surface area contributed by atoms with Gasteiger partial charge in [0.05, 0.1) is 21.3 Å². The molecule has 3 N–H and O–H groups in total. The third-order valence-corrected chi connectivity index (χ3v) is 4.56. The van der Waals surface area contributed by atoms with Crippen LogP contribution >= 0.6 is 27.5 Å². The van der Waals surface area contributed by atoms with Crippen molar-refractivity contribution in [2.45, 2.75) is 4.90 Å². The Morgan fingerprint density at radius 1 is 1.16 bits per heavy atom. The molecule has 0 spiro atoms. The quantitative estimate of drug-likeness (QED) is 0.822. The fraction of sp³-hybridized carbons (Fsp3) is 0. The zero-order valence-electron chi connectivity index (χ0n) is 9.60. The van der Waals surface area contributed by atoms with Gasteiger partial charge < -0.3 is 5.73 Å². The fourth-order valence-corrected chi connectivity index (χ4v) is 3.27. The average Bonchev–Trinajstić information content (AvgIpc) is 2.33. The molecule has 2 aromatic rings. The Balaban J connectivity index is 2.33. The van der Waals surface area contributed by atoms with E-state index in [-0.39, 0.29) is 4.90 Å². The van der Waals surface area contributed by atoms with Gasteiger partial charge in [0, 0.05) is 4.47 Å². The zero-order valence-corrected chi connectivity index (χ0v) is 12.8. The molecule has 7 heteroatoms. The van der Waals surface area contributed by atoms with Crippen molar-refractivity contribution < 1.29 is 8.42 Å². The maximum atomic E-state index is 12.1. The molecule has 0 heterocycles. The van der Waals surface area contributed by atoms with Crippen LogP contribution in [-0.2, 0) is 10.0 Å². The Labute approximate surface area is 124 Å². The standard InChI is InChI=1S/C12H10BrClN2O2S/c13-8-2-1-3-10(6-8)19(17,18)16-9-4-5-12(15)11(14)7-9/h1-7,16H,15H2. The number of benzene rings is 2. The van der Waals surface area contributed by atoms with Crippen LogP contribution in [0.1, 0.15) is 0 Å². The molecular formula is C12H10BrClN2O2S. The number of halogens is 2. The molecule has 2 aromatic carbocycles. The molecular weight excluding hydrogens is 352 g/mol. The molecule has 0 unspecified atom stereocenters. The third kappa shape index (κ3) is 3.40. The maximum absolute atomic E-state index is 12.1. The van der Waals surface area contributed by atoms with E-state index in [0.29, 0.717) is 20.9 Å². The summed E-state index contributed by atoms with van der Waals surface area (Å²) in [7, 11) is -3.64. The van der Waals surface area contributed by atoms with Crippen LogP contribution < -0.4 is 10.5 Å². The molecule has 0 saturated heterocycles. The molecule has 0 aliphatic carbocycles. The van der Waals surface area contributed by atoms with Crippen molar-refractivity contribution in [1.82, 2.24) is 0 Å². The van der Waals surface area contributed by atoms with E-state index in [2.05, 4.69) is 20.7 Å².